The van der Waals surface area contributed by atoms with E-state index in [2.05, 4.69) is 42.0 Å². The van der Waals surface area contributed by atoms with Gasteiger partial charge in [-0.1, -0.05) is 13.8 Å². The molecule has 0 saturated carbocycles. The molecule has 2 rings (SSSR count). The summed E-state index contributed by atoms with van der Waals surface area (Å²) >= 11 is 0. The van der Waals surface area contributed by atoms with E-state index in [9.17, 15) is 4.79 Å². The summed E-state index contributed by atoms with van der Waals surface area (Å²) in [5.74, 6) is 1.19. The summed E-state index contributed by atoms with van der Waals surface area (Å²) in [6.07, 6.45) is 6.05. The normalized spacial score (nSPS) is 17.5. The molecule has 4 heteroatoms. The van der Waals surface area contributed by atoms with Gasteiger partial charge in [-0.25, -0.2) is 0 Å². The second-order valence-corrected chi connectivity index (χ2v) is 7.66. The Labute approximate surface area is 140 Å². The summed E-state index contributed by atoms with van der Waals surface area (Å²) in [6, 6.07) is 2.09. The number of aromatic nitrogens is 1. The predicted octanol–water partition coefficient (Wildman–Crippen LogP) is 3.12. The van der Waals surface area contributed by atoms with Crippen LogP contribution >= 0.6 is 0 Å². The van der Waals surface area contributed by atoms with E-state index in [0.717, 1.165) is 32.5 Å². The molecule has 23 heavy (non-hydrogen) atoms. The molecule has 1 N–H and O–H groups in total. The molecule has 0 bridgehead atoms. The fourth-order valence-electron chi connectivity index (χ4n) is 3.31. The number of amides is 1. The molecule has 1 aliphatic rings. The van der Waals surface area contributed by atoms with Crippen LogP contribution in [-0.4, -0.2) is 41.0 Å². The van der Waals surface area contributed by atoms with Gasteiger partial charge in [-0.15, -0.1) is 0 Å². The van der Waals surface area contributed by atoms with Crippen LogP contribution in [0.5, 0.6) is 0 Å². The third-order valence-corrected chi connectivity index (χ3v) is 5.03. The number of carbonyl (C=O) groups is 1. The van der Waals surface area contributed by atoms with Crippen LogP contribution in [-0.2, 0) is 4.79 Å². The topological polar surface area (TPSA) is 45.2 Å². The second kappa shape index (κ2) is 7.43. The van der Waals surface area contributed by atoms with Crippen LogP contribution < -0.4 is 5.32 Å². The lowest BCUT2D eigenvalue weighted by Crippen LogP contribution is -2.57. The fraction of sp³-hybridized carbons (Fsp3) is 0.684. The number of carbonyl (C=O) groups excluding carboxylic acids is 1. The van der Waals surface area contributed by atoms with Crippen molar-refractivity contribution < 1.29 is 4.79 Å². The molecular weight excluding hydrogens is 286 g/mol. The van der Waals surface area contributed by atoms with Gasteiger partial charge in [0.05, 0.1) is 5.54 Å². The minimum Gasteiger partial charge on any atom is -0.354 e. The number of nitrogens with one attached hydrogen (secondary N) is 1. The van der Waals surface area contributed by atoms with E-state index in [1.54, 1.807) is 0 Å². The van der Waals surface area contributed by atoms with Gasteiger partial charge in [0.2, 0.25) is 5.91 Å². The molecule has 2 heterocycles. The van der Waals surface area contributed by atoms with Crippen molar-refractivity contribution in [2.45, 2.75) is 58.9 Å². The van der Waals surface area contributed by atoms with Crippen molar-refractivity contribution in [1.82, 2.24) is 15.2 Å². The zero-order valence-corrected chi connectivity index (χ0v) is 15.2. The van der Waals surface area contributed by atoms with Crippen molar-refractivity contribution in [3.63, 3.8) is 0 Å². The van der Waals surface area contributed by atoms with Crippen LogP contribution in [0.4, 0.5) is 0 Å². The Morgan fingerprint density at radius 3 is 2.61 bits per heavy atom. The Kier molecular flexibility index (Phi) is 5.79. The number of aryl methyl sites for hydroxylation is 1. The molecule has 1 aromatic rings. The molecule has 1 fully saturated rings. The van der Waals surface area contributed by atoms with Gasteiger partial charge in [0.25, 0.3) is 0 Å². The molecule has 1 aliphatic heterocycles. The molecule has 4 nitrogen and oxygen atoms in total. The number of nitrogens with zero attached hydrogens (tertiary/aromatic N) is 2. The Bertz CT molecular complexity index is 531. The number of rotatable bonds is 5. The molecule has 1 aromatic heterocycles. The first-order valence-electron chi connectivity index (χ1n) is 8.76. The zero-order chi connectivity index (χ0) is 17.0. The number of likely N-dealkylation sites (tertiary alicyclic amines) is 1. The quantitative estimate of drug-likeness (QED) is 0.907. The van der Waals surface area contributed by atoms with E-state index in [0.29, 0.717) is 11.8 Å². The van der Waals surface area contributed by atoms with E-state index in [1.807, 2.05) is 26.2 Å². The molecular formula is C19H31N3O. The SMILES string of the molecule is Cc1ccncc1C1CCN(C(C)(C)C(=O)NCC(C)C)CC1. The number of hydrogen-bond donors (Lipinski definition) is 1. The van der Waals surface area contributed by atoms with Crippen LogP contribution in [0.1, 0.15) is 57.6 Å². The number of piperidine rings is 1. The Morgan fingerprint density at radius 1 is 1.39 bits per heavy atom. The highest BCUT2D eigenvalue weighted by molar-refractivity contribution is 5.85. The number of hydrogen-bond acceptors (Lipinski definition) is 3. The van der Waals surface area contributed by atoms with Crippen molar-refractivity contribution >= 4 is 5.91 Å². The highest BCUT2D eigenvalue weighted by Crippen LogP contribution is 2.32. The van der Waals surface area contributed by atoms with Gasteiger partial charge in [-0.3, -0.25) is 14.7 Å². The van der Waals surface area contributed by atoms with Crippen LogP contribution in [0.25, 0.3) is 0 Å². The van der Waals surface area contributed by atoms with Gasteiger partial charge in [0.1, 0.15) is 0 Å². The molecule has 0 unspecified atom stereocenters. The van der Waals surface area contributed by atoms with E-state index in [-0.39, 0.29) is 5.91 Å². The molecule has 0 aromatic carbocycles. The largest absolute Gasteiger partial charge is 0.354 e. The van der Waals surface area contributed by atoms with Gasteiger partial charge in [0, 0.05) is 18.9 Å². The Hall–Kier alpha value is -1.42. The first-order chi connectivity index (χ1) is 10.8. The van der Waals surface area contributed by atoms with Crippen LogP contribution in [0.3, 0.4) is 0 Å². The summed E-state index contributed by atoms with van der Waals surface area (Å²) < 4.78 is 0. The van der Waals surface area contributed by atoms with Gasteiger partial charge in [0.15, 0.2) is 0 Å². The monoisotopic (exact) mass is 317 g/mol. The standard InChI is InChI=1S/C19H31N3O/c1-14(2)12-21-18(23)19(4,5)22-10-7-16(8-11-22)17-13-20-9-6-15(17)3/h6,9,13-14,16H,7-8,10-12H2,1-5H3,(H,21,23). The minimum absolute atomic E-state index is 0.141. The average molecular weight is 317 g/mol. The van der Waals surface area contributed by atoms with Crippen molar-refractivity contribution in [3.8, 4) is 0 Å². The lowest BCUT2D eigenvalue weighted by atomic mass is 9.86. The first kappa shape index (κ1) is 17.9. The molecule has 0 radical (unpaired) electrons. The summed E-state index contributed by atoms with van der Waals surface area (Å²) in [6.45, 7) is 13.1. The summed E-state index contributed by atoms with van der Waals surface area (Å²) in [5, 5.41) is 3.08. The maximum Gasteiger partial charge on any atom is 0.239 e. The highest BCUT2D eigenvalue weighted by atomic mass is 16.2. The van der Waals surface area contributed by atoms with Crippen molar-refractivity contribution in [1.29, 1.82) is 0 Å². The molecule has 0 spiro atoms. The van der Waals surface area contributed by atoms with Crippen molar-refractivity contribution in [2.24, 2.45) is 5.92 Å². The van der Waals surface area contributed by atoms with Crippen molar-refractivity contribution in [3.05, 3.63) is 29.6 Å². The summed E-state index contributed by atoms with van der Waals surface area (Å²) in [4.78, 5) is 19.1. The molecule has 128 valence electrons. The minimum atomic E-state index is -0.441. The van der Waals surface area contributed by atoms with Gasteiger partial charge >= 0.3 is 0 Å². The Morgan fingerprint density at radius 2 is 2.04 bits per heavy atom. The molecule has 0 atom stereocenters. The second-order valence-electron chi connectivity index (χ2n) is 7.66. The maximum absolute atomic E-state index is 12.5. The third kappa shape index (κ3) is 4.31. The van der Waals surface area contributed by atoms with Gasteiger partial charge in [-0.2, -0.15) is 0 Å². The summed E-state index contributed by atoms with van der Waals surface area (Å²) in [7, 11) is 0. The Balaban J connectivity index is 1.95. The van der Waals surface area contributed by atoms with Gasteiger partial charge < -0.3 is 5.32 Å². The van der Waals surface area contributed by atoms with Crippen molar-refractivity contribution in [2.75, 3.05) is 19.6 Å². The van der Waals surface area contributed by atoms with E-state index < -0.39 is 5.54 Å². The smallest absolute Gasteiger partial charge is 0.239 e. The molecule has 0 aliphatic carbocycles. The lowest BCUT2D eigenvalue weighted by molar-refractivity contribution is -0.132. The third-order valence-electron chi connectivity index (χ3n) is 5.03. The van der Waals surface area contributed by atoms with Gasteiger partial charge in [-0.05, 0) is 75.7 Å². The van der Waals surface area contributed by atoms with Crippen LogP contribution in [0.2, 0.25) is 0 Å². The first-order valence-corrected chi connectivity index (χ1v) is 8.76. The zero-order valence-electron chi connectivity index (χ0n) is 15.2. The van der Waals surface area contributed by atoms with E-state index in [1.165, 1.54) is 11.1 Å². The lowest BCUT2D eigenvalue weighted by Gasteiger charge is -2.42. The molecule has 1 amide bonds. The highest BCUT2D eigenvalue weighted by Gasteiger charge is 2.37. The fourth-order valence-corrected chi connectivity index (χ4v) is 3.31. The van der Waals surface area contributed by atoms with E-state index >= 15 is 0 Å². The number of pyridine rings is 1. The predicted molar refractivity (Wildman–Crippen MR) is 94.4 cm³/mol. The van der Waals surface area contributed by atoms with Crippen LogP contribution in [0.15, 0.2) is 18.5 Å². The maximum atomic E-state index is 12.5. The van der Waals surface area contributed by atoms with Crippen LogP contribution in [0, 0.1) is 12.8 Å². The summed E-state index contributed by atoms with van der Waals surface area (Å²) in [5.41, 5.74) is 2.26. The average Bonchev–Trinajstić information content (AvgIpc) is 2.53. The van der Waals surface area contributed by atoms with E-state index in [4.69, 9.17) is 0 Å². The molecule has 1 saturated heterocycles.